The number of aromatic hydroxyl groups is 1. The number of phenolic OH excluding ortho intramolecular Hbond substituents is 1. The van der Waals surface area contributed by atoms with Crippen molar-refractivity contribution in [1.29, 1.82) is 0 Å². The molecule has 0 spiro atoms. The molecule has 0 unspecified atom stereocenters. The highest BCUT2D eigenvalue weighted by Gasteiger charge is 2.08. The second kappa shape index (κ2) is 9.37. The van der Waals surface area contributed by atoms with Gasteiger partial charge in [0.05, 0.1) is 10.7 Å². The van der Waals surface area contributed by atoms with Gasteiger partial charge in [0.2, 0.25) is 0 Å². The van der Waals surface area contributed by atoms with Crippen molar-refractivity contribution in [2.75, 3.05) is 0 Å². The number of hydrogen-bond acceptors (Lipinski definition) is 5. The van der Waals surface area contributed by atoms with Gasteiger partial charge in [-0.15, -0.1) is 0 Å². The number of nitrogens with one attached hydrogen (secondary N) is 1. The number of carbonyl (C=O) groups excluding carboxylic acids is 2. The number of benzene rings is 3. The van der Waals surface area contributed by atoms with Gasteiger partial charge in [-0.2, -0.15) is 5.10 Å². The van der Waals surface area contributed by atoms with Crippen LogP contribution in [0.4, 0.5) is 0 Å². The van der Waals surface area contributed by atoms with Crippen molar-refractivity contribution in [1.82, 2.24) is 5.43 Å². The molecule has 0 radical (unpaired) electrons. The summed E-state index contributed by atoms with van der Waals surface area (Å²) in [6, 6.07) is 16.9. The summed E-state index contributed by atoms with van der Waals surface area (Å²) in [7, 11) is 0. The van der Waals surface area contributed by atoms with Crippen molar-refractivity contribution in [2.45, 2.75) is 13.8 Å². The molecular weight excluding hydrogens is 448 g/mol. The van der Waals surface area contributed by atoms with Crippen molar-refractivity contribution < 1.29 is 19.4 Å². The first-order chi connectivity index (χ1) is 14.3. The molecule has 0 fully saturated rings. The lowest BCUT2D eigenvalue weighted by atomic mass is 10.1. The number of hydrazone groups is 1. The lowest BCUT2D eigenvalue weighted by Crippen LogP contribution is -2.17. The van der Waals surface area contributed by atoms with Gasteiger partial charge in [-0.25, -0.2) is 5.43 Å². The van der Waals surface area contributed by atoms with Crippen molar-refractivity contribution in [3.05, 3.63) is 87.4 Å². The Balaban J connectivity index is 1.69. The standard InChI is InChI=1S/C23H19BrN2O4/c1-14-9-16(10-21(24)22(14)28)13-25-26-23(29)18-6-4-8-20(12-18)30-19-7-3-5-17(11-19)15(2)27/h3-13,28H,1-2H3,(H,26,29)/b25-13+. The molecule has 0 saturated carbocycles. The van der Waals surface area contributed by atoms with E-state index in [-0.39, 0.29) is 11.5 Å². The van der Waals surface area contributed by atoms with Gasteiger partial charge in [-0.05, 0) is 83.4 Å². The van der Waals surface area contributed by atoms with E-state index in [1.165, 1.54) is 13.1 Å². The normalized spacial score (nSPS) is 10.8. The second-order valence-corrected chi connectivity index (χ2v) is 7.44. The number of phenols is 1. The zero-order chi connectivity index (χ0) is 21.7. The number of nitrogens with zero attached hydrogens (tertiary/aromatic N) is 1. The maximum Gasteiger partial charge on any atom is 0.271 e. The molecule has 30 heavy (non-hydrogen) atoms. The predicted octanol–water partition coefficient (Wildman–Crippen LogP) is 5.22. The number of ketones is 1. The average molecular weight is 467 g/mol. The van der Waals surface area contributed by atoms with Gasteiger partial charge < -0.3 is 9.84 Å². The van der Waals surface area contributed by atoms with Crippen molar-refractivity contribution in [3.8, 4) is 17.2 Å². The molecule has 3 aromatic carbocycles. The van der Waals surface area contributed by atoms with E-state index in [4.69, 9.17) is 4.74 Å². The monoisotopic (exact) mass is 466 g/mol. The Bertz CT molecular complexity index is 1120. The summed E-state index contributed by atoms with van der Waals surface area (Å²) in [6.07, 6.45) is 1.49. The molecule has 0 atom stereocenters. The molecule has 7 heteroatoms. The van der Waals surface area contributed by atoms with Crippen LogP contribution in [0, 0.1) is 6.92 Å². The van der Waals surface area contributed by atoms with Gasteiger partial charge >= 0.3 is 0 Å². The van der Waals surface area contributed by atoms with E-state index >= 15 is 0 Å². The minimum atomic E-state index is -0.399. The number of Topliss-reactive ketones (excluding diaryl/α,β-unsaturated/α-hetero) is 1. The van der Waals surface area contributed by atoms with Crippen molar-refractivity contribution in [3.63, 3.8) is 0 Å². The lowest BCUT2D eigenvalue weighted by Gasteiger charge is -2.08. The Morgan fingerprint density at radius 2 is 1.67 bits per heavy atom. The fourth-order valence-electron chi connectivity index (χ4n) is 2.68. The SMILES string of the molecule is CC(=O)c1cccc(Oc2cccc(C(=O)N/N=C/c3cc(C)c(O)c(Br)c3)c2)c1. The second-order valence-electron chi connectivity index (χ2n) is 6.58. The van der Waals surface area contributed by atoms with E-state index in [1.54, 1.807) is 67.6 Å². The quantitative estimate of drug-likeness (QED) is 0.296. The largest absolute Gasteiger partial charge is 0.506 e. The maximum absolute atomic E-state index is 12.4. The zero-order valence-corrected chi connectivity index (χ0v) is 17.9. The summed E-state index contributed by atoms with van der Waals surface area (Å²) in [5, 5.41) is 13.7. The molecule has 0 aromatic heterocycles. The molecule has 1 amide bonds. The molecule has 0 aliphatic rings. The summed E-state index contributed by atoms with van der Waals surface area (Å²) >= 11 is 3.27. The molecule has 0 aliphatic heterocycles. The Labute approximate surface area is 182 Å². The highest BCUT2D eigenvalue weighted by molar-refractivity contribution is 9.10. The number of carbonyl (C=O) groups is 2. The molecule has 6 nitrogen and oxygen atoms in total. The molecule has 3 rings (SSSR count). The first-order valence-corrected chi connectivity index (χ1v) is 9.84. The minimum absolute atomic E-state index is 0.0534. The first-order valence-electron chi connectivity index (χ1n) is 9.05. The third-order valence-electron chi connectivity index (χ3n) is 4.23. The van der Waals surface area contributed by atoms with Gasteiger partial charge in [-0.1, -0.05) is 18.2 Å². The number of aryl methyl sites for hydroxylation is 1. The van der Waals surface area contributed by atoms with Crippen LogP contribution in [0.5, 0.6) is 17.2 Å². The number of hydrogen-bond donors (Lipinski definition) is 2. The number of halogens is 1. The van der Waals surface area contributed by atoms with E-state index in [0.717, 1.165) is 5.56 Å². The fraction of sp³-hybridized carbons (Fsp3) is 0.0870. The molecule has 2 N–H and O–H groups in total. The van der Waals surface area contributed by atoms with Crippen LogP contribution in [-0.4, -0.2) is 23.0 Å². The van der Waals surface area contributed by atoms with Crippen LogP contribution in [-0.2, 0) is 0 Å². The smallest absolute Gasteiger partial charge is 0.271 e. The van der Waals surface area contributed by atoms with E-state index < -0.39 is 5.91 Å². The third-order valence-corrected chi connectivity index (χ3v) is 4.83. The Morgan fingerprint density at radius 3 is 2.30 bits per heavy atom. The van der Waals surface area contributed by atoms with Gasteiger partial charge in [0.25, 0.3) is 5.91 Å². The van der Waals surface area contributed by atoms with E-state index in [9.17, 15) is 14.7 Å². The third kappa shape index (κ3) is 5.33. The minimum Gasteiger partial charge on any atom is -0.506 e. The van der Waals surface area contributed by atoms with Gasteiger partial charge in [-0.3, -0.25) is 9.59 Å². The molecule has 3 aromatic rings. The molecule has 0 bridgehead atoms. The summed E-state index contributed by atoms with van der Waals surface area (Å²) in [6.45, 7) is 3.26. The van der Waals surface area contributed by atoms with Crippen LogP contribution < -0.4 is 10.2 Å². The number of rotatable bonds is 6. The Kier molecular flexibility index (Phi) is 6.64. The number of amides is 1. The Hall–Kier alpha value is -3.45. The topological polar surface area (TPSA) is 88.0 Å². The van der Waals surface area contributed by atoms with E-state index in [0.29, 0.717) is 32.7 Å². The van der Waals surface area contributed by atoms with Crippen LogP contribution in [0.1, 0.15) is 38.8 Å². The van der Waals surface area contributed by atoms with Crippen LogP contribution in [0.2, 0.25) is 0 Å². The predicted molar refractivity (Wildman–Crippen MR) is 119 cm³/mol. The maximum atomic E-state index is 12.4. The van der Waals surface area contributed by atoms with Crippen LogP contribution in [0.15, 0.2) is 70.2 Å². The number of ether oxygens (including phenoxy) is 1. The first kappa shape index (κ1) is 21.3. The van der Waals surface area contributed by atoms with E-state index in [1.807, 2.05) is 0 Å². The lowest BCUT2D eigenvalue weighted by molar-refractivity contribution is 0.0954. The average Bonchev–Trinajstić information content (AvgIpc) is 2.72. The van der Waals surface area contributed by atoms with Gasteiger partial charge in [0.1, 0.15) is 17.2 Å². The van der Waals surface area contributed by atoms with E-state index in [2.05, 4.69) is 26.5 Å². The molecular formula is C23H19BrN2O4. The zero-order valence-electron chi connectivity index (χ0n) is 16.3. The highest BCUT2D eigenvalue weighted by atomic mass is 79.9. The van der Waals surface area contributed by atoms with Crippen LogP contribution in [0.25, 0.3) is 0 Å². The highest BCUT2D eigenvalue weighted by Crippen LogP contribution is 2.28. The van der Waals surface area contributed by atoms with Crippen molar-refractivity contribution in [2.24, 2.45) is 5.10 Å². The van der Waals surface area contributed by atoms with Gasteiger partial charge in [0, 0.05) is 11.1 Å². The van der Waals surface area contributed by atoms with Crippen LogP contribution in [0.3, 0.4) is 0 Å². The Morgan fingerprint density at radius 1 is 1.03 bits per heavy atom. The summed E-state index contributed by atoms with van der Waals surface area (Å²) < 4.78 is 6.32. The molecule has 152 valence electrons. The summed E-state index contributed by atoms with van der Waals surface area (Å²) in [4.78, 5) is 23.9. The van der Waals surface area contributed by atoms with Crippen molar-refractivity contribution >= 4 is 33.8 Å². The molecule has 0 saturated heterocycles. The fourth-order valence-corrected chi connectivity index (χ4v) is 3.26. The van der Waals surface area contributed by atoms with Crippen LogP contribution >= 0.6 is 15.9 Å². The summed E-state index contributed by atoms with van der Waals surface area (Å²) in [5.74, 6) is 0.685. The molecule has 0 heterocycles. The van der Waals surface area contributed by atoms with Gasteiger partial charge in [0.15, 0.2) is 5.78 Å². The summed E-state index contributed by atoms with van der Waals surface area (Å²) in [5.41, 5.74) is 4.80. The molecule has 0 aliphatic carbocycles.